The molecule has 7 heteroatoms. The van der Waals surface area contributed by atoms with Gasteiger partial charge in [0.05, 0.1) is 4.90 Å². The van der Waals surface area contributed by atoms with Gasteiger partial charge in [-0.2, -0.15) is 0 Å². The third kappa shape index (κ3) is 6.30. The Morgan fingerprint density at radius 1 is 1.10 bits per heavy atom. The number of carbonyl (C=O) groups excluding carboxylic acids is 1. The lowest BCUT2D eigenvalue weighted by atomic mass is 10.1. The van der Waals surface area contributed by atoms with E-state index in [4.69, 9.17) is 4.74 Å². The second kappa shape index (κ2) is 9.89. The molecule has 0 aromatic heterocycles. The maximum Gasteiger partial charge on any atom is 0.262 e. The van der Waals surface area contributed by atoms with E-state index in [2.05, 4.69) is 10.0 Å². The molecule has 0 aliphatic carbocycles. The largest absolute Gasteiger partial charge is 0.483 e. The molecule has 2 N–H and O–H groups in total. The normalized spacial score (nSPS) is 11.5. The fourth-order valence-electron chi connectivity index (χ4n) is 2.83. The molecule has 6 nitrogen and oxygen atoms in total. The van der Waals surface area contributed by atoms with Gasteiger partial charge in [-0.15, -0.1) is 0 Å². The second-order valence-corrected chi connectivity index (χ2v) is 9.24. The Labute approximate surface area is 173 Å². The topological polar surface area (TPSA) is 84.5 Å². The molecule has 0 spiro atoms. The Bertz CT molecular complexity index is 969. The molecule has 2 aromatic carbocycles. The molecule has 0 aliphatic heterocycles. The minimum atomic E-state index is -3.56. The average Bonchev–Trinajstić information content (AvgIpc) is 2.67. The van der Waals surface area contributed by atoms with Crippen LogP contribution in [0.2, 0.25) is 0 Å². The number of aryl methyl sites for hydroxylation is 3. The molecule has 0 radical (unpaired) electrons. The van der Waals surface area contributed by atoms with Crippen LogP contribution in [0, 0.1) is 19.8 Å². The number of hydrogen-bond acceptors (Lipinski definition) is 4. The highest BCUT2D eigenvalue weighted by Gasteiger charge is 2.16. The van der Waals surface area contributed by atoms with Gasteiger partial charge in [0.25, 0.3) is 5.91 Å². The summed E-state index contributed by atoms with van der Waals surface area (Å²) in [6.45, 7) is 9.84. The van der Waals surface area contributed by atoms with Crippen LogP contribution in [-0.4, -0.2) is 27.5 Å². The van der Waals surface area contributed by atoms with Crippen LogP contribution >= 0.6 is 0 Å². The lowest BCUT2D eigenvalue weighted by molar-refractivity contribution is -0.118. The van der Waals surface area contributed by atoms with Gasteiger partial charge in [-0.05, 0) is 61.1 Å². The maximum atomic E-state index is 12.4. The number of sulfonamides is 1. The van der Waals surface area contributed by atoms with Gasteiger partial charge in [-0.25, -0.2) is 13.1 Å². The standard InChI is InChI=1S/C22H30N2O4S/c1-6-18-9-7-8-16(4)22(18)24-21(25)14-28-20-11-10-19(12-17(20)5)29(26,27)23-13-15(2)3/h7-12,15,23H,6,13-14H2,1-5H3,(H,24,25). The van der Waals surface area contributed by atoms with Gasteiger partial charge in [0.2, 0.25) is 10.0 Å². The summed E-state index contributed by atoms with van der Waals surface area (Å²) in [5.74, 6) is 0.431. The molecule has 0 atom stereocenters. The molecular formula is C22H30N2O4S. The van der Waals surface area contributed by atoms with Crippen LogP contribution in [0.25, 0.3) is 0 Å². The summed E-state index contributed by atoms with van der Waals surface area (Å²) in [6, 6.07) is 10.5. The number of rotatable bonds is 9. The number of hydrogen-bond donors (Lipinski definition) is 2. The summed E-state index contributed by atoms with van der Waals surface area (Å²) in [5.41, 5.74) is 3.53. The molecule has 0 bridgehead atoms. The van der Waals surface area contributed by atoms with Crippen LogP contribution in [0.4, 0.5) is 5.69 Å². The monoisotopic (exact) mass is 418 g/mol. The summed E-state index contributed by atoms with van der Waals surface area (Å²) in [5, 5.41) is 2.91. The van der Waals surface area contributed by atoms with Crippen molar-refractivity contribution in [2.24, 2.45) is 5.92 Å². The van der Waals surface area contributed by atoms with Gasteiger partial charge in [0.15, 0.2) is 6.61 Å². The number of nitrogens with one attached hydrogen (secondary N) is 2. The highest BCUT2D eigenvalue weighted by molar-refractivity contribution is 7.89. The molecule has 1 amide bonds. The zero-order chi connectivity index (χ0) is 21.6. The maximum absolute atomic E-state index is 12.4. The van der Waals surface area contributed by atoms with Gasteiger partial charge in [-0.3, -0.25) is 4.79 Å². The molecule has 0 fully saturated rings. The third-order valence-electron chi connectivity index (χ3n) is 4.50. The highest BCUT2D eigenvalue weighted by atomic mass is 32.2. The SMILES string of the molecule is CCc1cccc(C)c1NC(=O)COc1ccc(S(=O)(=O)NCC(C)C)cc1C. The van der Waals surface area contributed by atoms with Gasteiger partial charge in [0, 0.05) is 12.2 Å². The van der Waals surface area contributed by atoms with Crippen LogP contribution in [0.1, 0.15) is 37.5 Å². The van der Waals surface area contributed by atoms with Crippen molar-refractivity contribution in [1.82, 2.24) is 4.72 Å². The Morgan fingerprint density at radius 2 is 1.83 bits per heavy atom. The second-order valence-electron chi connectivity index (χ2n) is 7.47. The van der Waals surface area contributed by atoms with Crippen molar-refractivity contribution >= 4 is 21.6 Å². The predicted molar refractivity (Wildman–Crippen MR) is 116 cm³/mol. The van der Waals surface area contributed by atoms with E-state index in [0.717, 1.165) is 23.2 Å². The van der Waals surface area contributed by atoms with Gasteiger partial charge >= 0.3 is 0 Å². The smallest absolute Gasteiger partial charge is 0.262 e. The quantitative estimate of drug-likeness (QED) is 0.648. The summed E-state index contributed by atoms with van der Waals surface area (Å²) in [4.78, 5) is 12.5. The van der Waals surface area contributed by atoms with Crippen molar-refractivity contribution in [3.05, 3.63) is 53.1 Å². The van der Waals surface area contributed by atoms with E-state index in [0.29, 0.717) is 17.9 Å². The first-order valence-electron chi connectivity index (χ1n) is 9.75. The van der Waals surface area contributed by atoms with Crippen molar-refractivity contribution < 1.29 is 17.9 Å². The van der Waals surface area contributed by atoms with Crippen molar-refractivity contribution in [2.45, 2.75) is 45.9 Å². The number of ether oxygens (including phenoxy) is 1. The van der Waals surface area contributed by atoms with Crippen molar-refractivity contribution in [3.8, 4) is 5.75 Å². The van der Waals surface area contributed by atoms with E-state index in [9.17, 15) is 13.2 Å². The molecule has 0 saturated heterocycles. The zero-order valence-corrected chi connectivity index (χ0v) is 18.5. The van der Waals surface area contributed by atoms with E-state index in [1.807, 2.05) is 45.9 Å². The Morgan fingerprint density at radius 3 is 2.45 bits per heavy atom. The van der Waals surface area contributed by atoms with Crippen LogP contribution in [0.5, 0.6) is 5.75 Å². The lowest BCUT2D eigenvalue weighted by Gasteiger charge is -2.15. The fraction of sp³-hybridized carbons (Fsp3) is 0.409. The van der Waals surface area contributed by atoms with Crippen LogP contribution in [0.3, 0.4) is 0 Å². The fourth-order valence-corrected chi connectivity index (χ4v) is 4.13. The zero-order valence-electron chi connectivity index (χ0n) is 17.7. The number of carbonyl (C=O) groups is 1. The third-order valence-corrected chi connectivity index (χ3v) is 5.92. The van der Waals surface area contributed by atoms with E-state index in [1.165, 1.54) is 6.07 Å². The summed E-state index contributed by atoms with van der Waals surface area (Å²) in [6.07, 6.45) is 0.817. The molecule has 0 aliphatic rings. The van der Waals surface area contributed by atoms with E-state index < -0.39 is 10.0 Å². The Kier molecular flexibility index (Phi) is 7.81. The molecule has 0 saturated carbocycles. The Balaban J connectivity index is 2.04. The number of anilines is 1. The number of amides is 1. The Hall–Kier alpha value is -2.38. The van der Waals surface area contributed by atoms with Gasteiger partial charge < -0.3 is 10.1 Å². The molecule has 29 heavy (non-hydrogen) atoms. The van der Waals surface area contributed by atoms with E-state index in [1.54, 1.807) is 19.1 Å². The first kappa shape index (κ1) is 22.9. The first-order chi connectivity index (χ1) is 13.6. The lowest BCUT2D eigenvalue weighted by Crippen LogP contribution is -2.27. The van der Waals surface area contributed by atoms with E-state index >= 15 is 0 Å². The van der Waals surface area contributed by atoms with Gasteiger partial charge in [0.1, 0.15) is 5.75 Å². The van der Waals surface area contributed by atoms with Crippen molar-refractivity contribution in [3.63, 3.8) is 0 Å². The summed E-state index contributed by atoms with van der Waals surface area (Å²) in [7, 11) is -3.56. The predicted octanol–water partition coefficient (Wildman–Crippen LogP) is 3.82. The molecule has 0 unspecified atom stereocenters. The summed E-state index contributed by atoms with van der Waals surface area (Å²) >= 11 is 0. The van der Waals surface area contributed by atoms with Gasteiger partial charge in [-0.1, -0.05) is 39.0 Å². The van der Waals surface area contributed by atoms with Crippen molar-refractivity contribution in [2.75, 3.05) is 18.5 Å². The first-order valence-corrected chi connectivity index (χ1v) is 11.2. The number of para-hydroxylation sites is 1. The molecule has 0 heterocycles. The molecular weight excluding hydrogens is 388 g/mol. The minimum absolute atomic E-state index is 0.157. The highest BCUT2D eigenvalue weighted by Crippen LogP contribution is 2.23. The minimum Gasteiger partial charge on any atom is -0.483 e. The molecule has 158 valence electrons. The summed E-state index contributed by atoms with van der Waals surface area (Å²) < 4.78 is 32.9. The molecule has 2 rings (SSSR count). The number of benzene rings is 2. The van der Waals surface area contributed by atoms with Crippen LogP contribution in [-0.2, 0) is 21.2 Å². The van der Waals surface area contributed by atoms with Crippen LogP contribution in [0.15, 0.2) is 41.3 Å². The molecule has 2 aromatic rings. The van der Waals surface area contributed by atoms with Crippen molar-refractivity contribution in [1.29, 1.82) is 0 Å². The van der Waals surface area contributed by atoms with E-state index in [-0.39, 0.29) is 23.3 Å². The average molecular weight is 419 g/mol. The van der Waals surface area contributed by atoms with Crippen LogP contribution < -0.4 is 14.8 Å².